The highest BCUT2D eigenvalue weighted by Gasteiger charge is 2.56. The van der Waals surface area contributed by atoms with Crippen LogP contribution >= 0.6 is 0 Å². The molecule has 3 aliphatic heterocycles. The molecule has 3 unspecified atom stereocenters. The number of para-hydroxylation sites is 1. The lowest BCUT2D eigenvalue weighted by atomic mass is 9.87. The van der Waals surface area contributed by atoms with Gasteiger partial charge < -0.3 is 9.88 Å². The minimum atomic E-state index is -4.19. The number of piperidine rings is 1. The van der Waals surface area contributed by atoms with Crippen molar-refractivity contribution in [1.29, 1.82) is 0 Å². The molecular weight excluding hydrogens is 419 g/mol. The van der Waals surface area contributed by atoms with Crippen molar-refractivity contribution in [2.75, 3.05) is 32.7 Å². The summed E-state index contributed by atoms with van der Waals surface area (Å²) in [6, 6.07) is 9.89. The third-order valence-electron chi connectivity index (χ3n) is 8.03. The van der Waals surface area contributed by atoms with E-state index in [1.54, 1.807) is 4.90 Å². The van der Waals surface area contributed by atoms with Gasteiger partial charge in [-0.15, -0.1) is 0 Å². The third kappa shape index (κ3) is 3.50. The molecule has 1 saturated carbocycles. The first kappa shape index (κ1) is 20.5. The smallest absolute Gasteiger partial charge is 0.351 e. The molecular formula is C23H28F3N5O. The van der Waals surface area contributed by atoms with E-state index in [0.717, 1.165) is 43.1 Å². The molecule has 1 amide bonds. The van der Waals surface area contributed by atoms with Crippen LogP contribution in [0.5, 0.6) is 0 Å². The number of amides is 1. The van der Waals surface area contributed by atoms with Gasteiger partial charge in [0.25, 0.3) is 5.91 Å². The lowest BCUT2D eigenvalue weighted by molar-refractivity contribution is -0.153. The molecule has 1 aromatic carbocycles. The van der Waals surface area contributed by atoms with Crippen LogP contribution in [0.1, 0.15) is 36.2 Å². The number of carbonyl (C=O) groups excluding carboxylic acids is 1. The van der Waals surface area contributed by atoms with E-state index in [0.29, 0.717) is 25.3 Å². The predicted octanol–water partition coefficient (Wildman–Crippen LogP) is 2.99. The van der Waals surface area contributed by atoms with Crippen molar-refractivity contribution >= 4 is 16.8 Å². The topological polar surface area (TPSA) is 54.6 Å². The number of likely N-dealkylation sites (tertiary alicyclic amines) is 1. The molecule has 3 saturated heterocycles. The fourth-order valence-corrected chi connectivity index (χ4v) is 6.15. The Bertz CT molecular complexity index is 999. The van der Waals surface area contributed by atoms with Gasteiger partial charge in [-0.2, -0.15) is 13.2 Å². The number of nitrogens with one attached hydrogen (secondary N) is 2. The molecule has 4 fully saturated rings. The second kappa shape index (κ2) is 7.20. The maximum Gasteiger partial charge on any atom is 0.401 e. The summed E-state index contributed by atoms with van der Waals surface area (Å²) in [5.74, 6) is 0.0965. The number of aromatic amines is 1. The zero-order chi connectivity index (χ0) is 22.1. The molecule has 2 N–H and O–H groups in total. The van der Waals surface area contributed by atoms with Crippen molar-refractivity contribution < 1.29 is 18.0 Å². The molecule has 6 nitrogen and oxygen atoms in total. The molecule has 9 heteroatoms. The van der Waals surface area contributed by atoms with Gasteiger partial charge >= 0.3 is 6.18 Å². The van der Waals surface area contributed by atoms with Crippen LogP contribution in [-0.4, -0.2) is 82.2 Å². The molecule has 0 bridgehead atoms. The van der Waals surface area contributed by atoms with Crippen molar-refractivity contribution in [3.8, 4) is 0 Å². The van der Waals surface area contributed by atoms with Gasteiger partial charge in [-0.1, -0.05) is 18.2 Å². The highest BCUT2D eigenvalue weighted by Crippen LogP contribution is 2.48. The number of benzene rings is 1. The number of nitrogens with zero attached hydrogens (tertiary/aromatic N) is 3. The number of carbonyl (C=O) groups is 1. The van der Waals surface area contributed by atoms with Crippen molar-refractivity contribution in [1.82, 2.24) is 25.2 Å². The Labute approximate surface area is 184 Å². The standard InChI is InChI=1S/C23H28F3N5O/c24-23(25,26)14-30-13-20-16-12-29(21(32)19-11-15-3-1-2-4-17(15)27-19)9-5-18(16)28-31(20)10-8-22(30)6-7-22/h1-4,11,16,18,20,27-28H,5-10,12-14H2. The number of hydrogen-bond acceptors (Lipinski definition) is 4. The predicted molar refractivity (Wildman–Crippen MR) is 114 cm³/mol. The summed E-state index contributed by atoms with van der Waals surface area (Å²) in [6.07, 6.45) is -0.913. The lowest BCUT2D eigenvalue weighted by Crippen LogP contribution is -2.52. The summed E-state index contributed by atoms with van der Waals surface area (Å²) in [4.78, 5) is 20.0. The fourth-order valence-electron chi connectivity index (χ4n) is 6.15. The zero-order valence-electron chi connectivity index (χ0n) is 17.9. The summed E-state index contributed by atoms with van der Waals surface area (Å²) in [5.41, 5.74) is 4.80. The molecule has 4 heterocycles. The van der Waals surface area contributed by atoms with Crippen LogP contribution in [0.2, 0.25) is 0 Å². The molecule has 2 aromatic rings. The van der Waals surface area contributed by atoms with E-state index in [1.165, 1.54) is 0 Å². The second-order valence-corrected chi connectivity index (χ2v) is 9.94. The van der Waals surface area contributed by atoms with Gasteiger partial charge in [0.15, 0.2) is 0 Å². The first-order valence-corrected chi connectivity index (χ1v) is 11.5. The van der Waals surface area contributed by atoms with E-state index in [2.05, 4.69) is 15.4 Å². The average Bonchev–Trinajstić information content (AvgIpc) is 3.33. The Hall–Kier alpha value is -2.10. The second-order valence-electron chi connectivity index (χ2n) is 9.94. The molecule has 1 spiro atoms. The number of hydrogen-bond donors (Lipinski definition) is 2. The number of aromatic nitrogens is 1. The summed E-state index contributed by atoms with van der Waals surface area (Å²) in [7, 11) is 0. The van der Waals surface area contributed by atoms with Crippen molar-refractivity contribution in [2.24, 2.45) is 5.92 Å². The van der Waals surface area contributed by atoms with Crippen LogP contribution in [-0.2, 0) is 0 Å². The van der Waals surface area contributed by atoms with Gasteiger partial charge in [-0.05, 0) is 37.8 Å². The normalized spacial score (nSPS) is 30.3. The molecule has 4 aliphatic rings. The highest BCUT2D eigenvalue weighted by atomic mass is 19.4. The molecule has 0 radical (unpaired) electrons. The van der Waals surface area contributed by atoms with E-state index >= 15 is 0 Å². The minimum absolute atomic E-state index is 0.0133. The maximum absolute atomic E-state index is 13.3. The molecule has 6 rings (SSSR count). The van der Waals surface area contributed by atoms with E-state index in [9.17, 15) is 18.0 Å². The van der Waals surface area contributed by atoms with Crippen molar-refractivity contribution in [2.45, 2.75) is 49.5 Å². The van der Waals surface area contributed by atoms with E-state index in [-0.39, 0.29) is 29.4 Å². The number of rotatable bonds is 2. The van der Waals surface area contributed by atoms with Crippen LogP contribution in [0.15, 0.2) is 30.3 Å². The zero-order valence-corrected chi connectivity index (χ0v) is 17.9. The molecule has 1 aliphatic carbocycles. The van der Waals surface area contributed by atoms with Gasteiger partial charge in [0.05, 0.1) is 6.54 Å². The number of fused-ring (bicyclic) bond motifs is 4. The van der Waals surface area contributed by atoms with E-state index < -0.39 is 12.7 Å². The fraction of sp³-hybridized carbons (Fsp3) is 0.609. The van der Waals surface area contributed by atoms with E-state index in [1.807, 2.05) is 35.2 Å². The van der Waals surface area contributed by atoms with E-state index in [4.69, 9.17) is 0 Å². The summed E-state index contributed by atoms with van der Waals surface area (Å²) < 4.78 is 40.0. The first-order chi connectivity index (χ1) is 15.3. The summed E-state index contributed by atoms with van der Waals surface area (Å²) in [6.45, 7) is 1.55. The van der Waals surface area contributed by atoms with Gasteiger partial charge in [0, 0.05) is 60.6 Å². The van der Waals surface area contributed by atoms with Gasteiger partial charge in [0.2, 0.25) is 0 Å². The first-order valence-electron chi connectivity index (χ1n) is 11.5. The molecule has 1 aromatic heterocycles. The minimum Gasteiger partial charge on any atom is -0.351 e. The quantitative estimate of drug-likeness (QED) is 0.743. The average molecular weight is 448 g/mol. The van der Waals surface area contributed by atoms with Crippen molar-refractivity contribution in [3.63, 3.8) is 0 Å². The Kier molecular flexibility index (Phi) is 4.61. The van der Waals surface area contributed by atoms with Crippen LogP contribution in [0.4, 0.5) is 13.2 Å². The van der Waals surface area contributed by atoms with Crippen LogP contribution < -0.4 is 5.43 Å². The molecule has 32 heavy (non-hydrogen) atoms. The third-order valence-corrected chi connectivity index (χ3v) is 8.03. The largest absolute Gasteiger partial charge is 0.401 e. The lowest BCUT2D eigenvalue weighted by Gasteiger charge is -2.38. The van der Waals surface area contributed by atoms with Gasteiger partial charge in [-0.25, -0.2) is 5.01 Å². The summed E-state index contributed by atoms with van der Waals surface area (Å²) >= 11 is 0. The van der Waals surface area contributed by atoms with Crippen LogP contribution in [0.3, 0.4) is 0 Å². The van der Waals surface area contributed by atoms with Crippen LogP contribution in [0.25, 0.3) is 10.9 Å². The summed E-state index contributed by atoms with van der Waals surface area (Å²) in [5, 5.41) is 3.18. The Morgan fingerprint density at radius 2 is 1.94 bits per heavy atom. The van der Waals surface area contributed by atoms with Crippen LogP contribution in [0, 0.1) is 5.92 Å². The monoisotopic (exact) mass is 447 g/mol. The number of H-pyrrole nitrogens is 1. The number of halogens is 3. The van der Waals surface area contributed by atoms with Gasteiger partial charge in [-0.3, -0.25) is 15.1 Å². The Balaban J connectivity index is 1.21. The highest BCUT2D eigenvalue weighted by molar-refractivity contribution is 5.98. The number of hydrazine groups is 1. The Morgan fingerprint density at radius 1 is 1.12 bits per heavy atom. The van der Waals surface area contributed by atoms with Gasteiger partial charge in [0.1, 0.15) is 5.69 Å². The Morgan fingerprint density at radius 3 is 2.69 bits per heavy atom. The molecule has 3 atom stereocenters. The number of alkyl halides is 3. The molecule has 172 valence electrons. The SMILES string of the molecule is O=C(c1cc2ccccc2[nH]1)N1CCC2NN3CCC4(CC4)N(CC(F)(F)F)CC3C2C1. The maximum atomic E-state index is 13.3. The van der Waals surface area contributed by atoms with Crippen molar-refractivity contribution in [3.05, 3.63) is 36.0 Å².